The van der Waals surface area contributed by atoms with Crippen LogP contribution in [0.2, 0.25) is 0 Å². The van der Waals surface area contributed by atoms with Gasteiger partial charge in [0, 0.05) is 27.7 Å². The van der Waals surface area contributed by atoms with Gasteiger partial charge in [-0.2, -0.15) is 0 Å². The number of ether oxygens (including phenoxy) is 5. The molecule has 0 bridgehead atoms. The molecule has 1 aliphatic heterocycles. The number of hydrogen-bond donors (Lipinski definition) is 1. The van der Waals surface area contributed by atoms with Gasteiger partial charge in [-0.1, -0.05) is 0 Å². The van der Waals surface area contributed by atoms with E-state index in [1.165, 1.54) is 0 Å². The summed E-state index contributed by atoms with van der Waals surface area (Å²) >= 11 is 0. The molecule has 10 heteroatoms. The smallest absolute Gasteiger partial charge is 0.305 e. The first kappa shape index (κ1) is 19.8. The van der Waals surface area contributed by atoms with Crippen molar-refractivity contribution in [3.8, 4) is 0 Å². The predicted molar refractivity (Wildman–Crippen MR) is 74.2 cm³/mol. The van der Waals surface area contributed by atoms with Gasteiger partial charge in [-0.3, -0.25) is 19.2 Å². The largest absolute Gasteiger partial charge is 0.457 e. The molecular weight excluding hydrogens is 328 g/mol. The molecule has 5 atom stereocenters. The van der Waals surface area contributed by atoms with Crippen molar-refractivity contribution in [3.05, 3.63) is 0 Å². The Balaban J connectivity index is 3.13. The summed E-state index contributed by atoms with van der Waals surface area (Å²) in [6.07, 6.45) is -6.32. The lowest BCUT2D eigenvalue weighted by Crippen LogP contribution is -2.46. The third kappa shape index (κ3) is 5.46. The first-order valence-corrected chi connectivity index (χ1v) is 7.11. The van der Waals surface area contributed by atoms with Crippen molar-refractivity contribution in [2.45, 2.75) is 58.4 Å². The van der Waals surface area contributed by atoms with E-state index in [4.69, 9.17) is 23.7 Å². The van der Waals surface area contributed by atoms with E-state index < -0.39 is 61.2 Å². The highest BCUT2D eigenvalue weighted by Crippen LogP contribution is 2.31. The molecule has 1 rings (SSSR count). The van der Waals surface area contributed by atoms with Crippen LogP contribution in [0.1, 0.15) is 27.7 Å². The van der Waals surface area contributed by atoms with Crippen LogP contribution in [0.25, 0.3) is 0 Å². The molecule has 1 fully saturated rings. The molecule has 1 aliphatic rings. The summed E-state index contributed by atoms with van der Waals surface area (Å²) < 4.78 is 25.4. The van der Waals surface area contributed by atoms with Crippen molar-refractivity contribution < 1.29 is 48.0 Å². The molecule has 0 unspecified atom stereocenters. The van der Waals surface area contributed by atoms with Crippen LogP contribution in [0, 0.1) is 0 Å². The maximum atomic E-state index is 11.3. The predicted octanol–water partition coefficient (Wildman–Crippen LogP) is -0.938. The van der Waals surface area contributed by atoms with Crippen molar-refractivity contribution in [3.63, 3.8) is 0 Å². The molecule has 0 saturated carbocycles. The highest BCUT2D eigenvalue weighted by atomic mass is 16.8. The van der Waals surface area contributed by atoms with Gasteiger partial charge < -0.3 is 28.8 Å². The molecule has 1 heterocycles. The van der Waals surface area contributed by atoms with Gasteiger partial charge in [-0.05, 0) is 0 Å². The maximum absolute atomic E-state index is 11.3. The Labute approximate surface area is 137 Å². The first-order chi connectivity index (χ1) is 11.1. The molecule has 10 nitrogen and oxygen atoms in total. The summed E-state index contributed by atoms with van der Waals surface area (Å²) in [6.45, 7) is 3.80. The van der Waals surface area contributed by atoms with Gasteiger partial charge in [0.05, 0.1) is 6.61 Å². The molecule has 0 aromatic rings. The van der Waals surface area contributed by atoms with Gasteiger partial charge >= 0.3 is 23.9 Å². The number of carbonyl (C=O) groups excluding carboxylic acids is 4. The number of rotatable bonds is 6. The molecule has 0 aromatic heterocycles. The molecule has 136 valence electrons. The average Bonchev–Trinajstić information content (AvgIpc) is 2.72. The molecule has 0 radical (unpaired) electrons. The van der Waals surface area contributed by atoms with Crippen molar-refractivity contribution in [2.24, 2.45) is 0 Å². The third-order valence-corrected chi connectivity index (χ3v) is 2.96. The lowest BCUT2D eigenvalue weighted by Gasteiger charge is -2.26. The Morgan fingerprint density at radius 3 is 1.79 bits per heavy atom. The van der Waals surface area contributed by atoms with E-state index in [0.29, 0.717) is 0 Å². The Kier molecular flexibility index (Phi) is 7.11. The number of aliphatic hydroxyl groups excluding tert-OH is 1. The second-order valence-electron chi connectivity index (χ2n) is 5.06. The summed E-state index contributed by atoms with van der Waals surface area (Å²) in [7, 11) is 0. The van der Waals surface area contributed by atoms with E-state index in [-0.39, 0.29) is 0 Å². The maximum Gasteiger partial charge on any atom is 0.305 e. The summed E-state index contributed by atoms with van der Waals surface area (Å²) in [5.74, 6) is -2.90. The van der Waals surface area contributed by atoms with E-state index in [1.54, 1.807) is 0 Å². The van der Waals surface area contributed by atoms with E-state index in [0.717, 1.165) is 27.7 Å². The van der Waals surface area contributed by atoms with Crippen molar-refractivity contribution >= 4 is 23.9 Å². The number of aliphatic hydroxyl groups is 1. The first-order valence-electron chi connectivity index (χ1n) is 7.11. The standard InChI is InChI=1S/C14H20O10/c1-6(16)20-10(5-15)11-12(21-7(2)17)13(22-8(3)18)14(24-11)23-9(4)19/h10-15H,5H2,1-4H3/t10-,11+,12+,13-,14-/m1/s1. The fourth-order valence-corrected chi connectivity index (χ4v) is 2.27. The van der Waals surface area contributed by atoms with E-state index in [9.17, 15) is 24.3 Å². The lowest BCUT2D eigenvalue weighted by atomic mass is 10.1. The van der Waals surface area contributed by atoms with E-state index >= 15 is 0 Å². The Morgan fingerprint density at radius 2 is 1.38 bits per heavy atom. The molecule has 24 heavy (non-hydrogen) atoms. The Bertz CT molecular complexity index is 502. The monoisotopic (exact) mass is 348 g/mol. The molecule has 0 aromatic carbocycles. The summed E-state index contributed by atoms with van der Waals surface area (Å²) in [4.78, 5) is 45.0. The minimum atomic E-state index is -1.38. The van der Waals surface area contributed by atoms with Gasteiger partial charge in [0.1, 0.15) is 6.10 Å². The van der Waals surface area contributed by atoms with E-state index in [2.05, 4.69) is 0 Å². The minimum absolute atomic E-state index is 0.651. The number of carbonyl (C=O) groups is 4. The van der Waals surface area contributed by atoms with E-state index in [1.807, 2.05) is 0 Å². The van der Waals surface area contributed by atoms with Gasteiger partial charge in [-0.25, -0.2) is 0 Å². The molecule has 0 spiro atoms. The fourth-order valence-electron chi connectivity index (χ4n) is 2.27. The van der Waals surface area contributed by atoms with Crippen LogP contribution >= 0.6 is 0 Å². The second kappa shape index (κ2) is 8.60. The second-order valence-corrected chi connectivity index (χ2v) is 5.06. The molecule has 0 aliphatic carbocycles. The summed E-state index contributed by atoms with van der Waals surface area (Å²) in [6, 6.07) is 0. The van der Waals surface area contributed by atoms with Crippen LogP contribution in [-0.2, 0) is 42.9 Å². The van der Waals surface area contributed by atoms with Gasteiger partial charge in [-0.15, -0.1) is 0 Å². The van der Waals surface area contributed by atoms with Crippen LogP contribution in [0.3, 0.4) is 0 Å². The highest BCUT2D eigenvalue weighted by Gasteiger charge is 2.54. The van der Waals surface area contributed by atoms with Crippen LogP contribution in [0.4, 0.5) is 0 Å². The zero-order valence-corrected chi connectivity index (χ0v) is 13.7. The Hall–Kier alpha value is -2.20. The highest BCUT2D eigenvalue weighted by molar-refractivity contribution is 5.68. The minimum Gasteiger partial charge on any atom is -0.457 e. The topological polar surface area (TPSA) is 135 Å². The summed E-state index contributed by atoms with van der Waals surface area (Å²) in [5.41, 5.74) is 0. The van der Waals surface area contributed by atoms with Crippen LogP contribution in [-0.4, -0.2) is 66.3 Å². The van der Waals surface area contributed by atoms with Crippen LogP contribution in [0.5, 0.6) is 0 Å². The van der Waals surface area contributed by atoms with Crippen molar-refractivity contribution in [1.29, 1.82) is 0 Å². The fraction of sp³-hybridized carbons (Fsp3) is 0.714. The van der Waals surface area contributed by atoms with Gasteiger partial charge in [0.2, 0.25) is 12.4 Å². The SMILES string of the molecule is CC(=O)O[C@@H]1O[C@@H]([C@@H](CO)OC(C)=O)[C@H](OC(C)=O)[C@H]1OC(C)=O. The zero-order chi connectivity index (χ0) is 18.4. The van der Waals surface area contributed by atoms with Crippen molar-refractivity contribution in [2.75, 3.05) is 6.61 Å². The average molecular weight is 348 g/mol. The summed E-state index contributed by atoms with van der Waals surface area (Å²) in [5, 5.41) is 9.41. The normalized spacial score (nSPS) is 27.0. The lowest BCUT2D eigenvalue weighted by molar-refractivity contribution is -0.202. The quantitative estimate of drug-likeness (QED) is 0.473. The zero-order valence-electron chi connectivity index (χ0n) is 13.7. The molecule has 1 N–H and O–H groups in total. The molecule has 0 amide bonds. The number of esters is 4. The molecule has 1 saturated heterocycles. The van der Waals surface area contributed by atoms with Gasteiger partial charge in [0.25, 0.3) is 0 Å². The van der Waals surface area contributed by atoms with Crippen LogP contribution < -0.4 is 0 Å². The van der Waals surface area contributed by atoms with Gasteiger partial charge in [0.15, 0.2) is 12.2 Å². The van der Waals surface area contributed by atoms with Crippen LogP contribution in [0.15, 0.2) is 0 Å². The van der Waals surface area contributed by atoms with Crippen molar-refractivity contribution in [1.82, 2.24) is 0 Å². The Morgan fingerprint density at radius 1 is 0.875 bits per heavy atom. The molecular formula is C14H20O10. The third-order valence-electron chi connectivity index (χ3n) is 2.96. The number of hydrogen-bond acceptors (Lipinski definition) is 10.